The minimum absolute atomic E-state index is 0.225. The zero-order valence-corrected chi connectivity index (χ0v) is 23.3. The molecule has 3 aromatic rings. The topological polar surface area (TPSA) is 72.7 Å². The van der Waals surface area contributed by atoms with Crippen LogP contribution in [0.25, 0.3) is 22.4 Å². The Balaban J connectivity index is 1.44. The molecule has 0 aliphatic carbocycles. The number of carbonyl (C=O) groups excluding carboxylic acids is 1. The smallest absolute Gasteiger partial charge is 0.410 e. The summed E-state index contributed by atoms with van der Waals surface area (Å²) >= 11 is 6.55. The Hall–Kier alpha value is -3.10. The fraction of sp³-hybridized carbons (Fsp3) is 0.483. The number of pyridine rings is 1. The highest BCUT2D eigenvalue weighted by Crippen LogP contribution is 2.33. The highest BCUT2D eigenvalue weighted by atomic mass is 35.5. The first-order valence-electron chi connectivity index (χ1n) is 13.3. The lowest BCUT2D eigenvalue weighted by atomic mass is 10.2. The Labute approximate surface area is 229 Å². The number of ether oxygens (including phenoxy) is 2. The zero-order valence-electron chi connectivity index (χ0n) is 22.6. The normalized spacial score (nSPS) is 22.2. The van der Waals surface area contributed by atoms with E-state index in [0.29, 0.717) is 43.3 Å². The van der Waals surface area contributed by atoms with E-state index in [9.17, 15) is 4.79 Å². The number of hydrogen-bond donors (Lipinski definition) is 0. The van der Waals surface area contributed by atoms with E-state index in [-0.39, 0.29) is 12.2 Å². The molecule has 5 rings (SSSR count). The van der Waals surface area contributed by atoms with Crippen LogP contribution in [0, 0.1) is 0 Å². The molecule has 0 unspecified atom stereocenters. The molecule has 38 heavy (non-hydrogen) atoms. The lowest BCUT2D eigenvalue weighted by Crippen LogP contribution is -2.48. The van der Waals surface area contributed by atoms with Crippen molar-refractivity contribution in [2.75, 3.05) is 24.6 Å². The van der Waals surface area contributed by atoms with Gasteiger partial charge in [0.15, 0.2) is 0 Å². The molecule has 2 saturated heterocycles. The maximum atomic E-state index is 12.7. The van der Waals surface area contributed by atoms with Crippen LogP contribution < -0.4 is 4.90 Å². The fourth-order valence-electron chi connectivity index (χ4n) is 5.36. The highest BCUT2D eigenvalue weighted by molar-refractivity contribution is 6.35. The van der Waals surface area contributed by atoms with Gasteiger partial charge in [0.05, 0.1) is 36.3 Å². The number of halogens is 1. The van der Waals surface area contributed by atoms with Crippen molar-refractivity contribution in [1.82, 2.24) is 19.4 Å². The molecular formula is C29H36ClN5O3. The lowest BCUT2D eigenvalue weighted by Gasteiger charge is -2.34. The number of hydrogen-bond acceptors (Lipinski definition) is 6. The Bertz CT molecular complexity index is 1320. The Kier molecular flexibility index (Phi) is 7.38. The van der Waals surface area contributed by atoms with Crippen molar-refractivity contribution in [1.29, 1.82) is 0 Å². The highest BCUT2D eigenvalue weighted by Gasteiger charge is 2.31. The average Bonchev–Trinajstić information content (AvgIpc) is 3.44. The van der Waals surface area contributed by atoms with Gasteiger partial charge in [-0.3, -0.25) is 0 Å². The van der Waals surface area contributed by atoms with Gasteiger partial charge in [0, 0.05) is 30.4 Å². The minimum atomic E-state index is -0.549. The summed E-state index contributed by atoms with van der Waals surface area (Å²) in [7, 11) is 0. The van der Waals surface area contributed by atoms with E-state index in [2.05, 4.69) is 35.1 Å². The van der Waals surface area contributed by atoms with Crippen LogP contribution in [-0.4, -0.2) is 69.0 Å². The van der Waals surface area contributed by atoms with E-state index in [1.807, 2.05) is 51.2 Å². The van der Waals surface area contributed by atoms with Gasteiger partial charge in [-0.1, -0.05) is 23.7 Å². The van der Waals surface area contributed by atoms with E-state index < -0.39 is 5.60 Å². The van der Waals surface area contributed by atoms with E-state index in [0.717, 1.165) is 41.1 Å². The molecule has 0 N–H and O–H groups in total. The number of aromatic nitrogens is 3. The van der Waals surface area contributed by atoms with Crippen molar-refractivity contribution in [3.63, 3.8) is 0 Å². The first-order valence-corrected chi connectivity index (χ1v) is 13.6. The van der Waals surface area contributed by atoms with Crippen molar-refractivity contribution in [3.05, 3.63) is 54.2 Å². The first kappa shape index (κ1) is 26.5. The molecular weight excluding hydrogens is 502 g/mol. The number of fused-ring (bicyclic) bond motifs is 1. The summed E-state index contributed by atoms with van der Waals surface area (Å²) < 4.78 is 13.8. The number of imidazole rings is 1. The predicted octanol–water partition coefficient (Wildman–Crippen LogP) is 5.93. The van der Waals surface area contributed by atoms with Gasteiger partial charge < -0.3 is 23.8 Å². The predicted molar refractivity (Wildman–Crippen MR) is 151 cm³/mol. The first-order chi connectivity index (χ1) is 18.1. The van der Waals surface area contributed by atoms with Crippen LogP contribution in [0.5, 0.6) is 0 Å². The number of anilines is 1. The van der Waals surface area contributed by atoms with Crippen LogP contribution in [0.2, 0.25) is 5.02 Å². The minimum Gasteiger partial charge on any atom is -0.444 e. The molecule has 2 aliphatic heterocycles. The van der Waals surface area contributed by atoms with Crippen molar-refractivity contribution in [3.8, 4) is 11.4 Å². The maximum Gasteiger partial charge on any atom is 0.410 e. The van der Waals surface area contributed by atoms with Crippen LogP contribution >= 0.6 is 11.6 Å². The Morgan fingerprint density at radius 1 is 1.26 bits per heavy atom. The summed E-state index contributed by atoms with van der Waals surface area (Å²) in [5, 5.41) is 0.590. The van der Waals surface area contributed by atoms with Gasteiger partial charge in [0.2, 0.25) is 0 Å². The molecule has 2 fully saturated rings. The maximum absolute atomic E-state index is 12.7. The monoisotopic (exact) mass is 537 g/mol. The van der Waals surface area contributed by atoms with Gasteiger partial charge in [-0.05, 0) is 64.8 Å². The summed E-state index contributed by atoms with van der Waals surface area (Å²) in [5.41, 5.74) is 1.98. The average molecular weight is 538 g/mol. The third-order valence-electron chi connectivity index (χ3n) is 7.16. The molecule has 202 valence electrons. The largest absolute Gasteiger partial charge is 0.444 e. The second kappa shape index (κ2) is 10.6. The number of para-hydroxylation sites is 1. The van der Waals surface area contributed by atoms with Gasteiger partial charge >= 0.3 is 6.09 Å². The standard InChI is InChI=1S/C29H36ClN5O3/c1-6-21-12-10-19(2)35(21)25-13-11-20(16-31-25)27-32-26-23(30)8-7-9-24(26)34(27)18-22-17-33(14-15-37-22)28(36)38-29(3,4)5/h6-9,11,13,16,19,21-22H,1,10,12,14-15,17-18H2,2-5H3/t19-,21-,22-/m0/s1. The lowest BCUT2D eigenvalue weighted by molar-refractivity contribution is -0.0468. The molecule has 2 aliphatic rings. The van der Waals surface area contributed by atoms with Gasteiger partial charge in [-0.15, -0.1) is 6.58 Å². The number of benzene rings is 1. The number of morpholine rings is 1. The third-order valence-corrected chi connectivity index (χ3v) is 7.47. The molecule has 1 amide bonds. The number of rotatable bonds is 5. The molecule has 4 heterocycles. The summed E-state index contributed by atoms with van der Waals surface area (Å²) in [6, 6.07) is 10.6. The fourth-order valence-corrected chi connectivity index (χ4v) is 5.57. The van der Waals surface area contributed by atoms with Gasteiger partial charge in [0.1, 0.15) is 22.8 Å². The molecule has 2 aromatic heterocycles. The van der Waals surface area contributed by atoms with Crippen molar-refractivity contribution < 1.29 is 14.3 Å². The summed E-state index contributed by atoms with van der Waals surface area (Å²) in [5.74, 6) is 1.70. The Morgan fingerprint density at radius 2 is 2.08 bits per heavy atom. The number of nitrogens with zero attached hydrogens (tertiary/aromatic N) is 5. The van der Waals surface area contributed by atoms with Crippen LogP contribution in [0.4, 0.5) is 10.6 Å². The molecule has 8 nitrogen and oxygen atoms in total. The molecule has 0 radical (unpaired) electrons. The van der Waals surface area contributed by atoms with E-state index in [1.165, 1.54) is 0 Å². The molecule has 0 saturated carbocycles. The third kappa shape index (κ3) is 5.38. The molecule has 0 bridgehead atoms. The van der Waals surface area contributed by atoms with Crippen molar-refractivity contribution in [2.24, 2.45) is 0 Å². The van der Waals surface area contributed by atoms with Crippen molar-refractivity contribution in [2.45, 2.75) is 70.9 Å². The van der Waals surface area contributed by atoms with Gasteiger partial charge in [-0.2, -0.15) is 0 Å². The number of amides is 1. The van der Waals surface area contributed by atoms with E-state index in [4.69, 9.17) is 31.0 Å². The van der Waals surface area contributed by atoms with Crippen LogP contribution in [-0.2, 0) is 16.0 Å². The Morgan fingerprint density at radius 3 is 2.79 bits per heavy atom. The second-order valence-electron chi connectivity index (χ2n) is 11.1. The van der Waals surface area contributed by atoms with E-state index >= 15 is 0 Å². The van der Waals surface area contributed by atoms with E-state index in [1.54, 1.807) is 4.90 Å². The van der Waals surface area contributed by atoms with Gasteiger partial charge in [-0.25, -0.2) is 14.8 Å². The zero-order chi connectivity index (χ0) is 27.0. The van der Waals surface area contributed by atoms with Crippen molar-refractivity contribution >= 4 is 34.5 Å². The summed E-state index contributed by atoms with van der Waals surface area (Å²) in [6.45, 7) is 13.7. The number of carbonyl (C=O) groups is 1. The second-order valence-corrected chi connectivity index (χ2v) is 11.5. The SMILES string of the molecule is C=C[C@H]1CC[C@H](C)N1c1ccc(-c2nc3c(Cl)cccc3n2C[C@@H]2CN(C(=O)OC(C)(C)C)CCO2)cn1. The summed E-state index contributed by atoms with van der Waals surface area (Å²) in [4.78, 5) is 26.5. The molecule has 1 aromatic carbocycles. The van der Waals surface area contributed by atoms with Crippen LogP contribution in [0.1, 0.15) is 40.5 Å². The van der Waals surface area contributed by atoms with Crippen LogP contribution in [0.3, 0.4) is 0 Å². The molecule has 3 atom stereocenters. The molecule has 9 heteroatoms. The van der Waals surface area contributed by atoms with Crippen LogP contribution in [0.15, 0.2) is 49.2 Å². The molecule has 0 spiro atoms. The van der Waals surface area contributed by atoms with Gasteiger partial charge in [0.25, 0.3) is 0 Å². The quantitative estimate of drug-likeness (QED) is 0.375. The summed E-state index contributed by atoms with van der Waals surface area (Å²) in [6.07, 6.45) is 5.54.